The minimum atomic E-state index is -3.54. The van der Waals surface area contributed by atoms with E-state index in [1.807, 2.05) is 25.6 Å². The molecule has 0 amide bonds. The molecule has 1 saturated heterocycles. The van der Waals surface area contributed by atoms with Gasteiger partial charge >= 0.3 is 0 Å². The zero-order valence-corrected chi connectivity index (χ0v) is 14.4. The van der Waals surface area contributed by atoms with Crippen LogP contribution in [-0.2, 0) is 16.6 Å². The zero-order chi connectivity index (χ0) is 15.5. The van der Waals surface area contributed by atoms with Crippen LogP contribution in [0.4, 0.5) is 0 Å². The van der Waals surface area contributed by atoms with Crippen LogP contribution in [0, 0.1) is 0 Å². The SMILES string of the molecule is CC(C)NCc1cn[nH]c1S(=O)(=O)NCC1(C)CCCS1. The summed E-state index contributed by atoms with van der Waals surface area (Å²) >= 11 is 1.84. The summed E-state index contributed by atoms with van der Waals surface area (Å²) in [5.41, 5.74) is 0.667. The van der Waals surface area contributed by atoms with Crippen LogP contribution in [0.5, 0.6) is 0 Å². The molecule has 1 aromatic heterocycles. The second-order valence-electron chi connectivity index (χ2n) is 5.99. The minimum absolute atomic E-state index is 0.00341. The van der Waals surface area contributed by atoms with E-state index in [9.17, 15) is 8.42 Å². The first-order valence-corrected chi connectivity index (χ1v) is 9.68. The van der Waals surface area contributed by atoms with Crippen LogP contribution in [-0.4, -0.2) is 41.7 Å². The van der Waals surface area contributed by atoms with E-state index in [1.54, 1.807) is 6.20 Å². The van der Waals surface area contributed by atoms with Crippen molar-refractivity contribution < 1.29 is 8.42 Å². The van der Waals surface area contributed by atoms with Gasteiger partial charge in [0.15, 0.2) is 5.03 Å². The fraction of sp³-hybridized carbons (Fsp3) is 0.769. The molecule has 1 aromatic rings. The Morgan fingerprint density at radius 2 is 2.29 bits per heavy atom. The van der Waals surface area contributed by atoms with Crippen LogP contribution in [0.2, 0.25) is 0 Å². The van der Waals surface area contributed by atoms with Crippen molar-refractivity contribution in [1.82, 2.24) is 20.2 Å². The Morgan fingerprint density at radius 1 is 1.52 bits per heavy atom. The maximum absolute atomic E-state index is 12.4. The maximum Gasteiger partial charge on any atom is 0.257 e. The van der Waals surface area contributed by atoms with Crippen molar-refractivity contribution in [2.75, 3.05) is 12.3 Å². The molecule has 0 saturated carbocycles. The molecule has 0 spiro atoms. The third-order valence-electron chi connectivity index (χ3n) is 3.58. The number of hydrogen-bond acceptors (Lipinski definition) is 5. The molecule has 1 aliphatic heterocycles. The molecule has 120 valence electrons. The Morgan fingerprint density at radius 3 is 2.90 bits per heavy atom. The molecule has 21 heavy (non-hydrogen) atoms. The Labute approximate surface area is 130 Å². The molecule has 1 fully saturated rings. The molecular formula is C13H24N4O2S2. The molecule has 6 nitrogen and oxygen atoms in total. The smallest absolute Gasteiger partial charge is 0.257 e. The van der Waals surface area contributed by atoms with Gasteiger partial charge in [0.2, 0.25) is 0 Å². The van der Waals surface area contributed by atoms with Crippen LogP contribution in [0.3, 0.4) is 0 Å². The third-order valence-corrected chi connectivity index (χ3v) is 6.54. The standard InChI is InChI=1S/C13H24N4O2S2/c1-10(2)14-7-11-8-15-17-12(11)21(18,19)16-9-13(3)5-4-6-20-13/h8,10,14,16H,4-7,9H2,1-3H3,(H,15,17). The van der Waals surface area contributed by atoms with E-state index < -0.39 is 10.0 Å². The van der Waals surface area contributed by atoms with E-state index in [0.29, 0.717) is 18.7 Å². The Hall–Kier alpha value is -0.570. The molecule has 1 unspecified atom stereocenters. The summed E-state index contributed by atoms with van der Waals surface area (Å²) in [5.74, 6) is 1.10. The van der Waals surface area contributed by atoms with E-state index in [1.165, 1.54) is 0 Å². The zero-order valence-electron chi connectivity index (χ0n) is 12.8. The summed E-state index contributed by atoms with van der Waals surface area (Å²) in [6, 6.07) is 0.289. The molecule has 0 aliphatic carbocycles. The average molecular weight is 332 g/mol. The summed E-state index contributed by atoms with van der Waals surface area (Å²) in [7, 11) is -3.54. The van der Waals surface area contributed by atoms with E-state index in [4.69, 9.17) is 0 Å². The summed E-state index contributed by atoms with van der Waals surface area (Å²) in [6.45, 7) is 7.09. The van der Waals surface area contributed by atoms with Crippen molar-refractivity contribution in [3.8, 4) is 0 Å². The van der Waals surface area contributed by atoms with Gasteiger partial charge in [-0.05, 0) is 25.5 Å². The summed E-state index contributed by atoms with van der Waals surface area (Å²) in [6.07, 6.45) is 3.76. The van der Waals surface area contributed by atoms with E-state index in [-0.39, 0.29) is 15.8 Å². The number of aromatic nitrogens is 2. The number of thioether (sulfide) groups is 1. The van der Waals surface area contributed by atoms with Gasteiger partial charge in [0, 0.05) is 29.4 Å². The molecule has 8 heteroatoms. The molecule has 1 atom stereocenters. The van der Waals surface area contributed by atoms with Crippen molar-refractivity contribution in [3.05, 3.63) is 11.8 Å². The first-order valence-electron chi connectivity index (χ1n) is 7.22. The largest absolute Gasteiger partial charge is 0.310 e. The van der Waals surface area contributed by atoms with Gasteiger partial charge in [0.25, 0.3) is 10.0 Å². The van der Waals surface area contributed by atoms with Crippen molar-refractivity contribution in [2.45, 2.75) is 56.0 Å². The van der Waals surface area contributed by atoms with Gasteiger partial charge in [0.05, 0.1) is 6.20 Å². The minimum Gasteiger partial charge on any atom is -0.310 e. The predicted molar refractivity (Wildman–Crippen MR) is 85.8 cm³/mol. The van der Waals surface area contributed by atoms with Gasteiger partial charge in [-0.2, -0.15) is 16.9 Å². The van der Waals surface area contributed by atoms with Crippen LogP contribution in [0.1, 0.15) is 39.2 Å². The second-order valence-corrected chi connectivity index (χ2v) is 9.37. The van der Waals surface area contributed by atoms with E-state index in [0.717, 1.165) is 18.6 Å². The van der Waals surface area contributed by atoms with E-state index in [2.05, 4.69) is 27.2 Å². The van der Waals surface area contributed by atoms with Crippen LogP contribution in [0.15, 0.2) is 11.2 Å². The van der Waals surface area contributed by atoms with Crippen molar-refractivity contribution in [2.24, 2.45) is 0 Å². The number of sulfonamides is 1. The summed E-state index contributed by atoms with van der Waals surface area (Å²) in [5, 5.41) is 9.86. The number of aromatic amines is 1. The van der Waals surface area contributed by atoms with Crippen molar-refractivity contribution >= 4 is 21.8 Å². The maximum atomic E-state index is 12.4. The highest BCUT2D eigenvalue weighted by molar-refractivity contribution is 8.01. The molecule has 0 bridgehead atoms. The Kier molecular flexibility index (Phi) is 5.34. The average Bonchev–Trinajstić information content (AvgIpc) is 3.04. The predicted octanol–water partition coefficient (Wildman–Crippen LogP) is 1.47. The van der Waals surface area contributed by atoms with Crippen LogP contribution < -0.4 is 10.0 Å². The lowest BCUT2D eigenvalue weighted by Crippen LogP contribution is -2.37. The molecule has 0 aromatic carbocycles. The molecule has 2 rings (SSSR count). The van der Waals surface area contributed by atoms with Gasteiger partial charge in [-0.3, -0.25) is 5.10 Å². The van der Waals surface area contributed by atoms with Gasteiger partial charge in [-0.25, -0.2) is 13.1 Å². The molecule has 0 radical (unpaired) electrons. The summed E-state index contributed by atoms with van der Waals surface area (Å²) < 4.78 is 27.6. The number of nitrogens with zero attached hydrogens (tertiary/aromatic N) is 1. The Bertz CT molecular complexity index is 562. The highest BCUT2D eigenvalue weighted by Gasteiger charge is 2.32. The van der Waals surface area contributed by atoms with Gasteiger partial charge in [0.1, 0.15) is 0 Å². The highest BCUT2D eigenvalue weighted by atomic mass is 32.2. The third kappa shape index (κ3) is 4.45. The lowest BCUT2D eigenvalue weighted by Gasteiger charge is -2.22. The van der Waals surface area contributed by atoms with Crippen LogP contribution in [0.25, 0.3) is 0 Å². The number of hydrogen-bond donors (Lipinski definition) is 3. The topological polar surface area (TPSA) is 86.9 Å². The fourth-order valence-electron chi connectivity index (χ4n) is 2.27. The van der Waals surface area contributed by atoms with Crippen LogP contribution >= 0.6 is 11.8 Å². The lowest BCUT2D eigenvalue weighted by molar-refractivity contribution is 0.544. The summed E-state index contributed by atoms with van der Waals surface area (Å²) in [4.78, 5) is 0. The number of nitrogens with one attached hydrogen (secondary N) is 3. The number of rotatable bonds is 7. The van der Waals surface area contributed by atoms with Crippen molar-refractivity contribution in [3.63, 3.8) is 0 Å². The number of H-pyrrole nitrogens is 1. The fourth-order valence-corrected chi connectivity index (χ4v) is 4.90. The first-order chi connectivity index (χ1) is 9.82. The van der Waals surface area contributed by atoms with Crippen molar-refractivity contribution in [1.29, 1.82) is 0 Å². The molecule has 2 heterocycles. The highest BCUT2D eigenvalue weighted by Crippen LogP contribution is 2.37. The Balaban J connectivity index is 2.04. The monoisotopic (exact) mass is 332 g/mol. The second kappa shape index (κ2) is 6.68. The molecular weight excluding hydrogens is 308 g/mol. The van der Waals surface area contributed by atoms with E-state index >= 15 is 0 Å². The normalized spacial score (nSPS) is 23.0. The lowest BCUT2D eigenvalue weighted by atomic mass is 10.1. The van der Waals surface area contributed by atoms with Gasteiger partial charge < -0.3 is 5.32 Å². The molecule has 3 N–H and O–H groups in total. The quantitative estimate of drug-likeness (QED) is 0.704. The van der Waals surface area contributed by atoms with Gasteiger partial charge in [-0.1, -0.05) is 13.8 Å². The molecule has 1 aliphatic rings. The first kappa shape index (κ1) is 16.8. The van der Waals surface area contributed by atoms with Gasteiger partial charge in [-0.15, -0.1) is 0 Å².